The average Bonchev–Trinajstić information content (AvgIpc) is 2.38. The second-order valence-electron chi connectivity index (χ2n) is 3.70. The highest BCUT2D eigenvalue weighted by Gasteiger charge is 2.14. The van der Waals surface area contributed by atoms with Crippen molar-refractivity contribution >= 4 is 21.6 Å². The molecule has 19 heavy (non-hydrogen) atoms. The quantitative estimate of drug-likeness (QED) is 0.876. The number of aromatic nitrogens is 2. The van der Waals surface area contributed by atoms with E-state index in [1.807, 2.05) is 0 Å². The smallest absolute Gasteiger partial charge is 0.259 e. The van der Waals surface area contributed by atoms with Gasteiger partial charge in [-0.25, -0.2) is 9.37 Å². The van der Waals surface area contributed by atoms with Gasteiger partial charge in [-0.1, -0.05) is 6.92 Å². The van der Waals surface area contributed by atoms with E-state index in [1.54, 1.807) is 6.92 Å². The van der Waals surface area contributed by atoms with Crippen LogP contribution in [0.25, 0.3) is 0 Å². The van der Waals surface area contributed by atoms with Gasteiger partial charge in [-0.2, -0.15) is 9.37 Å². The Hall–Kier alpha value is -1.76. The van der Waals surface area contributed by atoms with Crippen molar-refractivity contribution in [1.82, 2.24) is 9.97 Å². The van der Waals surface area contributed by atoms with Crippen molar-refractivity contribution in [2.45, 2.75) is 13.3 Å². The lowest BCUT2D eigenvalue weighted by Gasteiger charge is -2.10. The van der Waals surface area contributed by atoms with Crippen LogP contribution in [-0.2, 0) is 6.42 Å². The first-order valence-electron chi connectivity index (χ1n) is 5.44. The number of halogens is 3. The second-order valence-corrected chi connectivity index (χ2v) is 4.55. The van der Waals surface area contributed by atoms with Crippen molar-refractivity contribution in [2.75, 3.05) is 5.73 Å². The summed E-state index contributed by atoms with van der Waals surface area (Å²) in [6, 6.07) is 2.40. The lowest BCUT2D eigenvalue weighted by atomic mass is 10.3. The summed E-state index contributed by atoms with van der Waals surface area (Å²) in [5.74, 6) is -1.51. The van der Waals surface area contributed by atoms with Crippen molar-refractivity contribution in [1.29, 1.82) is 0 Å². The molecule has 0 aliphatic rings. The largest absolute Gasteiger partial charge is 0.434 e. The summed E-state index contributed by atoms with van der Waals surface area (Å²) in [5, 5.41) is 0. The highest BCUT2D eigenvalue weighted by atomic mass is 79.9. The first-order valence-corrected chi connectivity index (χ1v) is 6.24. The topological polar surface area (TPSA) is 61.0 Å². The van der Waals surface area contributed by atoms with Gasteiger partial charge in [0.05, 0.1) is 15.9 Å². The van der Waals surface area contributed by atoms with Gasteiger partial charge in [0, 0.05) is 6.07 Å². The highest BCUT2D eigenvalue weighted by molar-refractivity contribution is 9.10. The number of hydrogen-bond donors (Lipinski definition) is 1. The summed E-state index contributed by atoms with van der Waals surface area (Å²) >= 11 is 2.99. The number of nitrogen functional groups attached to an aromatic ring is 1. The summed E-state index contributed by atoms with van der Waals surface area (Å²) in [6.07, 6.45) is 1.58. The zero-order valence-electron chi connectivity index (χ0n) is 9.95. The number of rotatable bonds is 3. The van der Waals surface area contributed by atoms with Gasteiger partial charge in [0.25, 0.3) is 5.88 Å². The summed E-state index contributed by atoms with van der Waals surface area (Å²) in [7, 11) is 0. The molecule has 0 bridgehead atoms. The maximum absolute atomic E-state index is 13.9. The first kappa shape index (κ1) is 13.7. The Bertz CT molecular complexity index is 622. The Morgan fingerprint density at radius 1 is 1.32 bits per heavy atom. The van der Waals surface area contributed by atoms with Gasteiger partial charge in [0.1, 0.15) is 12.1 Å². The molecule has 0 spiro atoms. The lowest BCUT2D eigenvalue weighted by Crippen LogP contribution is -2.01. The van der Waals surface area contributed by atoms with Gasteiger partial charge in [0.15, 0.2) is 5.75 Å². The van der Waals surface area contributed by atoms with Crippen LogP contribution in [0.5, 0.6) is 11.6 Å². The molecule has 2 aromatic rings. The van der Waals surface area contributed by atoms with E-state index < -0.39 is 11.6 Å². The van der Waals surface area contributed by atoms with E-state index >= 15 is 0 Å². The zero-order chi connectivity index (χ0) is 14.0. The van der Waals surface area contributed by atoms with E-state index in [9.17, 15) is 8.78 Å². The van der Waals surface area contributed by atoms with E-state index in [1.165, 1.54) is 12.4 Å². The van der Waals surface area contributed by atoms with Gasteiger partial charge in [-0.3, -0.25) is 0 Å². The van der Waals surface area contributed by atoms with Crippen LogP contribution >= 0.6 is 15.9 Å². The monoisotopic (exact) mass is 329 g/mol. The van der Waals surface area contributed by atoms with Crippen LogP contribution in [0.1, 0.15) is 12.6 Å². The third kappa shape index (κ3) is 2.81. The van der Waals surface area contributed by atoms with Crippen LogP contribution in [0.4, 0.5) is 14.5 Å². The molecule has 0 saturated carbocycles. The molecule has 0 radical (unpaired) electrons. The van der Waals surface area contributed by atoms with Crippen molar-refractivity contribution < 1.29 is 13.5 Å². The Balaban J connectivity index is 2.39. The number of nitrogens with zero attached hydrogens (tertiary/aromatic N) is 2. The Kier molecular flexibility index (Phi) is 3.94. The molecule has 0 saturated heterocycles. The Morgan fingerprint density at radius 3 is 2.74 bits per heavy atom. The summed E-state index contributed by atoms with van der Waals surface area (Å²) in [4.78, 5) is 7.45. The molecular formula is C12H10BrF2N3O. The minimum atomic E-state index is -0.673. The molecule has 2 rings (SSSR count). The molecule has 100 valence electrons. The molecule has 1 aromatic heterocycles. The van der Waals surface area contributed by atoms with E-state index in [0.29, 0.717) is 6.42 Å². The minimum Gasteiger partial charge on any atom is -0.434 e. The van der Waals surface area contributed by atoms with Gasteiger partial charge in [-0.15, -0.1) is 0 Å². The van der Waals surface area contributed by atoms with Crippen molar-refractivity contribution in [3.8, 4) is 11.6 Å². The number of anilines is 1. The molecule has 0 aliphatic heterocycles. The number of nitrogens with two attached hydrogens (primary N) is 1. The average molecular weight is 330 g/mol. The molecule has 7 heteroatoms. The number of hydrogen-bond acceptors (Lipinski definition) is 4. The maximum atomic E-state index is 13.9. The summed E-state index contributed by atoms with van der Waals surface area (Å²) in [6.45, 7) is 1.75. The van der Waals surface area contributed by atoms with Gasteiger partial charge >= 0.3 is 0 Å². The third-order valence-corrected chi connectivity index (χ3v) is 3.03. The normalized spacial score (nSPS) is 10.5. The van der Waals surface area contributed by atoms with Crippen molar-refractivity contribution in [2.24, 2.45) is 0 Å². The minimum absolute atomic E-state index is 0.000327. The van der Waals surface area contributed by atoms with Gasteiger partial charge in [-0.05, 0) is 28.4 Å². The van der Waals surface area contributed by atoms with E-state index in [4.69, 9.17) is 10.5 Å². The molecule has 0 amide bonds. The van der Waals surface area contributed by atoms with E-state index in [-0.39, 0.29) is 27.5 Å². The van der Waals surface area contributed by atoms with Gasteiger partial charge < -0.3 is 10.5 Å². The van der Waals surface area contributed by atoms with Crippen LogP contribution in [0.3, 0.4) is 0 Å². The Morgan fingerprint density at radius 2 is 2.05 bits per heavy atom. The van der Waals surface area contributed by atoms with Crippen LogP contribution < -0.4 is 10.5 Å². The SMILES string of the molecule is CCc1ncnc(Oc2cc(F)c(Br)cc2N)c1F. The van der Waals surface area contributed by atoms with Gasteiger partial charge in [0.2, 0.25) is 5.82 Å². The fraction of sp³-hybridized carbons (Fsp3) is 0.167. The lowest BCUT2D eigenvalue weighted by molar-refractivity contribution is 0.414. The number of benzene rings is 1. The fourth-order valence-corrected chi connectivity index (χ4v) is 1.80. The molecule has 0 atom stereocenters. The first-order chi connectivity index (χ1) is 9.02. The predicted molar refractivity (Wildman–Crippen MR) is 70.0 cm³/mol. The molecule has 1 aromatic carbocycles. The molecule has 0 unspecified atom stereocenters. The van der Waals surface area contributed by atoms with Crippen molar-refractivity contribution in [3.05, 3.63) is 40.3 Å². The molecule has 0 aliphatic carbocycles. The zero-order valence-corrected chi connectivity index (χ0v) is 11.5. The molecule has 2 N–H and O–H groups in total. The summed E-state index contributed by atoms with van der Waals surface area (Å²) < 4.78 is 32.7. The van der Waals surface area contributed by atoms with Crippen molar-refractivity contribution in [3.63, 3.8) is 0 Å². The number of aryl methyl sites for hydroxylation is 1. The summed E-state index contributed by atoms with van der Waals surface area (Å²) in [5.41, 5.74) is 6.07. The second kappa shape index (κ2) is 5.48. The van der Waals surface area contributed by atoms with Crippen LogP contribution in [-0.4, -0.2) is 9.97 Å². The van der Waals surface area contributed by atoms with E-state index in [0.717, 1.165) is 6.07 Å². The molecular weight excluding hydrogens is 320 g/mol. The molecule has 1 heterocycles. The predicted octanol–water partition coefficient (Wildman–Crippen LogP) is 3.45. The fourth-order valence-electron chi connectivity index (χ4n) is 1.44. The number of ether oxygens (including phenoxy) is 1. The highest BCUT2D eigenvalue weighted by Crippen LogP contribution is 2.32. The van der Waals surface area contributed by atoms with Crippen LogP contribution in [0, 0.1) is 11.6 Å². The van der Waals surface area contributed by atoms with E-state index in [2.05, 4.69) is 25.9 Å². The third-order valence-electron chi connectivity index (χ3n) is 2.42. The molecule has 4 nitrogen and oxygen atoms in total. The maximum Gasteiger partial charge on any atom is 0.259 e. The van der Waals surface area contributed by atoms with Crippen LogP contribution in [0.2, 0.25) is 0 Å². The Labute approximate surface area is 116 Å². The molecule has 0 fully saturated rings. The standard InChI is InChI=1S/C12H10BrF2N3O/c1-2-9-11(15)12(18-5-17-9)19-10-4-7(14)6(13)3-8(10)16/h3-5H,2,16H2,1H3. The van der Waals surface area contributed by atoms with Crippen LogP contribution in [0.15, 0.2) is 22.9 Å².